The number of ether oxygens (including phenoxy) is 1. The summed E-state index contributed by atoms with van der Waals surface area (Å²) in [5.41, 5.74) is 0. The normalized spacial score (nSPS) is 12.3. The Labute approximate surface area is 67.9 Å². The van der Waals surface area contributed by atoms with Crippen molar-refractivity contribution in [3.8, 4) is 0 Å². The largest absolute Gasteiger partial charge is 0.463 e. The molecule has 0 saturated heterocycles. The highest BCUT2D eigenvalue weighted by Gasteiger charge is 2.15. The van der Waals surface area contributed by atoms with Gasteiger partial charge in [-0.25, -0.2) is 4.79 Å². The predicted molar refractivity (Wildman–Crippen MR) is 40.0 cm³/mol. The van der Waals surface area contributed by atoms with Gasteiger partial charge in [-0.1, -0.05) is 22.9 Å². The Morgan fingerprint density at radius 2 is 2.10 bits per heavy atom. The first-order valence-corrected chi connectivity index (χ1v) is 3.74. The van der Waals surface area contributed by atoms with Gasteiger partial charge in [0, 0.05) is 11.2 Å². The number of Topliss-reactive ketones (excluding diaryl/α,β-unsaturated/α-hetero) is 1. The lowest BCUT2D eigenvalue weighted by Gasteiger charge is -1.98. The van der Waals surface area contributed by atoms with Gasteiger partial charge in [0.15, 0.2) is 0 Å². The molecule has 0 aromatic carbocycles. The Morgan fingerprint density at radius 3 is 2.40 bits per heavy atom. The van der Waals surface area contributed by atoms with E-state index >= 15 is 0 Å². The highest BCUT2D eigenvalue weighted by Crippen LogP contribution is 2.03. The molecule has 0 bridgehead atoms. The Morgan fingerprint density at radius 1 is 1.60 bits per heavy atom. The van der Waals surface area contributed by atoms with E-state index in [0.717, 1.165) is 0 Å². The quantitative estimate of drug-likeness (QED) is 0.394. The van der Waals surface area contributed by atoms with E-state index in [9.17, 15) is 9.59 Å². The van der Waals surface area contributed by atoms with Gasteiger partial charge in [0.1, 0.15) is 0 Å². The van der Waals surface area contributed by atoms with Crippen LogP contribution in [0, 0.1) is 0 Å². The molecule has 0 aliphatic rings. The number of carbonyl (C=O) groups is 2. The number of hydrogen-bond donors (Lipinski definition) is 0. The van der Waals surface area contributed by atoms with Gasteiger partial charge in [-0.05, 0) is 0 Å². The summed E-state index contributed by atoms with van der Waals surface area (Å²) in [7, 11) is 1.19. The highest BCUT2D eigenvalue weighted by molar-refractivity contribution is 9.09. The van der Waals surface area contributed by atoms with Crippen LogP contribution in [-0.2, 0) is 14.3 Å². The zero-order chi connectivity index (χ0) is 8.15. The molecule has 1 atom stereocenters. The maximum Gasteiger partial charge on any atom is 0.374 e. The Hall–Kier alpha value is -0.380. The summed E-state index contributed by atoms with van der Waals surface area (Å²) in [4.78, 5) is 21.2. The van der Waals surface area contributed by atoms with Gasteiger partial charge >= 0.3 is 5.97 Å². The van der Waals surface area contributed by atoms with Crippen LogP contribution in [0.4, 0.5) is 0 Å². The van der Waals surface area contributed by atoms with Gasteiger partial charge in [0.25, 0.3) is 0 Å². The minimum atomic E-state index is -0.772. The summed E-state index contributed by atoms with van der Waals surface area (Å²) in [5.74, 6) is -1.27. The van der Waals surface area contributed by atoms with E-state index < -0.39 is 11.8 Å². The minimum Gasteiger partial charge on any atom is -0.463 e. The fraction of sp³-hybridized carbons (Fsp3) is 0.667. The number of carbonyl (C=O) groups excluding carboxylic acids is 2. The Kier molecular flexibility index (Phi) is 4.27. The van der Waals surface area contributed by atoms with Crippen LogP contribution in [-0.4, -0.2) is 23.7 Å². The number of hydrogen-bond acceptors (Lipinski definition) is 3. The summed E-state index contributed by atoms with van der Waals surface area (Å²) in [6.07, 6.45) is 0.187. The van der Waals surface area contributed by atoms with Crippen LogP contribution in [0.15, 0.2) is 0 Å². The highest BCUT2D eigenvalue weighted by atomic mass is 79.9. The third kappa shape index (κ3) is 3.61. The average Bonchev–Trinajstić information content (AvgIpc) is 1.85. The summed E-state index contributed by atoms with van der Waals surface area (Å²) in [5, 5.41) is 0. The summed E-state index contributed by atoms with van der Waals surface area (Å²) >= 11 is 3.14. The fourth-order valence-electron chi connectivity index (χ4n) is 0.453. The van der Waals surface area contributed by atoms with Crippen molar-refractivity contribution in [2.24, 2.45) is 0 Å². The van der Waals surface area contributed by atoms with Crippen molar-refractivity contribution in [3.05, 3.63) is 0 Å². The molecule has 0 heterocycles. The summed E-state index contributed by atoms with van der Waals surface area (Å²) in [6, 6.07) is 0. The molecule has 0 aliphatic carbocycles. The van der Waals surface area contributed by atoms with Crippen molar-refractivity contribution >= 4 is 27.7 Å². The molecule has 0 aromatic heterocycles. The molecule has 0 aromatic rings. The number of alkyl halides is 1. The van der Waals surface area contributed by atoms with Crippen LogP contribution in [0.2, 0.25) is 0 Å². The van der Waals surface area contributed by atoms with Crippen LogP contribution in [0.3, 0.4) is 0 Å². The number of halogens is 1. The van der Waals surface area contributed by atoms with E-state index in [4.69, 9.17) is 0 Å². The maximum absolute atomic E-state index is 10.7. The standard InChI is InChI=1S/C6H9BrO3/c1-4(7)3-5(8)6(9)10-2/h4H,3H2,1-2H3. The lowest BCUT2D eigenvalue weighted by molar-refractivity contribution is -0.151. The van der Waals surface area contributed by atoms with Crippen LogP contribution < -0.4 is 0 Å². The van der Waals surface area contributed by atoms with Crippen molar-refractivity contribution in [1.29, 1.82) is 0 Å². The molecule has 0 radical (unpaired) electrons. The molecule has 0 fully saturated rings. The third-order valence-electron chi connectivity index (χ3n) is 0.880. The molecule has 3 nitrogen and oxygen atoms in total. The first kappa shape index (κ1) is 9.62. The molecule has 0 amide bonds. The number of esters is 1. The van der Waals surface area contributed by atoms with Crippen LogP contribution in [0.5, 0.6) is 0 Å². The molecule has 0 aliphatic heterocycles. The van der Waals surface area contributed by atoms with Crippen molar-refractivity contribution in [2.75, 3.05) is 7.11 Å². The molecule has 0 spiro atoms. The molecule has 0 rings (SSSR count). The lowest BCUT2D eigenvalue weighted by Crippen LogP contribution is -2.17. The zero-order valence-electron chi connectivity index (χ0n) is 5.89. The molecule has 0 N–H and O–H groups in total. The Balaban J connectivity index is 3.74. The molecule has 0 saturated carbocycles. The number of rotatable bonds is 3. The van der Waals surface area contributed by atoms with Gasteiger partial charge in [0.05, 0.1) is 7.11 Å². The van der Waals surface area contributed by atoms with E-state index in [-0.39, 0.29) is 11.2 Å². The molecular formula is C6H9BrO3. The van der Waals surface area contributed by atoms with Gasteiger partial charge in [-0.3, -0.25) is 4.79 Å². The molecular weight excluding hydrogens is 200 g/mol. The lowest BCUT2D eigenvalue weighted by atomic mass is 10.2. The van der Waals surface area contributed by atoms with Crippen molar-refractivity contribution < 1.29 is 14.3 Å². The van der Waals surface area contributed by atoms with E-state index in [1.807, 2.05) is 0 Å². The van der Waals surface area contributed by atoms with Gasteiger partial charge in [-0.15, -0.1) is 0 Å². The number of ketones is 1. The van der Waals surface area contributed by atoms with E-state index in [2.05, 4.69) is 20.7 Å². The molecule has 58 valence electrons. The van der Waals surface area contributed by atoms with Crippen LogP contribution >= 0.6 is 15.9 Å². The summed E-state index contributed by atoms with van der Waals surface area (Å²) in [6.45, 7) is 1.79. The van der Waals surface area contributed by atoms with Crippen LogP contribution in [0.1, 0.15) is 13.3 Å². The summed E-state index contributed by atoms with van der Waals surface area (Å²) < 4.78 is 4.20. The average molecular weight is 209 g/mol. The minimum absolute atomic E-state index is 0.0269. The third-order valence-corrected chi connectivity index (χ3v) is 1.20. The number of methoxy groups -OCH3 is 1. The predicted octanol–water partition coefficient (Wildman–Crippen LogP) is 0.902. The topological polar surface area (TPSA) is 43.4 Å². The van der Waals surface area contributed by atoms with E-state index in [1.54, 1.807) is 6.92 Å². The Bertz CT molecular complexity index is 142. The first-order valence-electron chi connectivity index (χ1n) is 2.83. The van der Waals surface area contributed by atoms with E-state index in [0.29, 0.717) is 0 Å². The second-order valence-corrected chi connectivity index (χ2v) is 3.46. The van der Waals surface area contributed by atoms with Crippen molar-refractivity contribution in [2.45, 2.75) is 18.2 Å². The second-order valence-electron chi connectivity index (χ2n) is 1.90. The van der Waals surface area contributed by atoms with Crippen molar-refractivity contribution in [3.63, 3.8) is 0 Å². The van der Waals surface area contributed by atoms with Gasteiger partial charge in [0.2, 0.25) is 5.78 Å². The fourth-order valence-corrected chi connectivity index (χ4v) is 0.747. The van der Waals surface area contributed by atoms with Gasteiger partial charge < -0.3 is 4.74 Å². The maximum atomic E-state index is 10.7. The monoisotopic (exact) mass is 208 g/mol. The zero-order valence-corrected chi connectivity index (χ0v) is 7.47. The molecule has 1 unspecified atom stereocenters. The van der Waals surface area contributed by atoms with E-state index in [1.165, 1.54) is 7.11 Å². The molecule has 10 heavy (non-hydrogen) atoms. The second kappa shape index (κ2) is 4.44. The molecule has 4 heteroatoms. The SMILES string of the molecule is COC(=O)C(=O)CC(C)Br. The van der Waals surface area contributed by atoms with Gasteiger partial charge in [-0.2, -0.15) is 0 Å². The van der Waals surface area contributed by atoms with Crippen molar-refractivity contribution in [1.82, 2.24) is 0 Å². The first-order chi connectivity index (χ1) is 4.57. The van der Waals surface area contributed by atoms with Crippen LogP contribution in [0.25, 0.3) is 0 Å². The smallest absolute Gasteiger partial charge is 0.374 e.